The molecule has 132 valence electrons. The molecule has 0 unspecified atom stereocenters. The number of hydrogen-bond acceptors (Lipinski definition) is 3. The van der Waals surface area contributed by atoms with Crippen molar-refractivity contribution < 1.29 is 14.3 Å². The molecule has 1 aromatic rings. The first-order valence-electron chi connectivity index (χ1n) is 9.15. The lowest BCUT2D eigenvalue weighted by molar-refractivity contribution is 0.0177. The normalized spacial score (nSPS) is 20.5. The van der Waals surface area contributed by atoms with E-state index >= 15 is 0 Å². The molecule has 1 aliphatic heterocycles. The number of fused-ring (bicyclic) bond motifs is 2. The van der Waals surface area contributed by atoms with E-state index in [9.17, 15) is 4.79 Å². The molecular formula is C20H29NO3. The van der Waals surface area contributed by atoms with E-state index in [4.69, 9.17) is 9.47 Å². The van der Waals surface area contributed by atoms with Gasteiger partial charge in [0.05, 0.1) is 13.1 Å². The summed E-state index contributed by atoms with van der Waals surface area (Å²) in [5.74, 6) is 0.952. The average molecular weight is 331 g/mol. The molecular weight excluding hydrogens is 302 g/mol. The number of carbonyl (C=O) groups is 1. The van der Waals surface area contributed by atoms with Gasteiger partial charge in [-0.05, 0) is 70.1 Å². The SMILES string of the molecule is CC[C@@H]1CN(C(=O)OC(C)(C)C)Cc2cc3c(cc2O1)CCCC3. The minimum Gasteiger partial charge on any atom is -0.488 e. The van der Waals surface area contributed by atoms with Crippen LogP contribution >= 0.6 is 0 Å². The maximum Gasteiger partial charge on any atom is 0.410 e. The molecule has 0 saturated heterocycles. The summed E-state index contributed by atoms with van der Waals surface area (Å²) in [6.07, 6.45) is 5.41. The fraction of sp³-hybridized carbons (Fsp3) is 0.650. The Morgan fingerprint density at radius 1 is 1.21 bits per heavy atom. The summed E-state index contributed by atoms with van der Waals surface area (Å²) in [7, 11) is 0. The minimum absolute atomic E-state index is 0.0143. The predicted molar refractivity (Wildman–Crippen MR) is 94.4 cm³/mol. The Balaban J connectivity index is 1.89. The summed E-state index contributed by atoms with van der Waals surface area (Å²) in [5, 5.41) is 0. The number of benzene rings is 1. The second-order valence-electron chi connectivity index (χ2n) is 7.94. The van der Waals surface area contributed by atoms with Crippen LogP contribution in [0.15, 0.2) is 12.1 Å². The summed E-state index contributed by atoms with van der Waals surface area (Å²) in [6, 6.07) is 4.46. The highest BCUT2D eigenvalue weighted by Gasteiger charge is 2.29. The largest absolute Gasteiger partial charge is 0.488 e. The van der Waals surface area contributed by atoms with E-state index in [2.05, 4.69) is 19.1 Å². The van der Waals surface area contributed by atoms with E-state index in [-0.39, 0.29) is 12.2 Å². The summed E-state index contributed by atoms with van der Waals surface area (Å²) in [5.41, 5.74) is 3.46. The Labute approximate surface area is 145 Å². The van der Waals surface area contributed by atoms with Crippen LogP contribution in [0.25, 0.3) is 0 Å². The van der Waals surface area contributed by atoms with Crippen LogP contribution in [0.1, 0.15) is 63.6 Å². The van der Waals surface area contributed by atoms with Crippen LogP contribution in [0.2, 0.25) is 0 Å². The van der Waals surface area contributed by atoms with Crippen LogP contribution in [0.3, 0.4) is 0 Å². The molecule has 0 bridgehead atoms. The average Bonchev–Trinajstić information content (AvgIpc) is 2.69. The first-order valence-corrected chi connectivity index (χ1v) is 9.15. The zero-order valence-electron chi connectivity index (χ0n) is 15.4. The van der Waals surface area contributed by atoms with E-state index in [0.29, 0.717) is 13.1 Å². The molecule has 1 aliphatic carbocycles. The highest BCUT2D eigenvalue weighted by atomic mass is 16.6. The quantitative estimate of drug-likeness (QED) is 0.762. The highest BCUT2D eigenvalue weighted by molar-refractivity contribution is 5.68. The lowest BCUT2D eigenvalue weighted by Gasteiger charge is -2.27. The van der Waals surface area contributed by atoms with Gasteiger partial charge in [-0.1, -0.05) is 13.0 Å². The van der Waals surface area contributed by atoms with Gasteiger partial charge in [0.15, 0.2) is 0 Å². The van der Waals surface area contributed by atoms with Crippen molar-refractivity contribution in [3.05, 3.63) is 28.8 Å². The van der Waals surface area contributed by atoms with Crippen molar-refractivity contribution in [2.75, 3.05) is 6.54 Å². The lowest BCUT2D eigenvalue weighted by Crippen LogP contribution is -2.40. The van der Waals surface area contributed by atoms with Crippen LogP contribution in [-0.2, 0) is 24.1 Å². The molecule has 4 nitrogen and oxygen atoms in total. The van der Waals surface area contributed by atoms with E-state index in [1.165, 1.54) is 24.0 Å². The van der Waals surface area contributed by atoms with Gasteiger partial charge < -0.3 is 14.4 Å². The van der Waals surface area contributed by atoms with E-state index in [1.54, 1.807) is 4.90 Å². The second kappa shape index (κ2) is 6.66. The van der Waals surface area contributed by atoms with Gasteiger partial charge in [-0.25, -0.2) is 4.79 Å². The fourth-order valence-corrected chi connectivity index (χ4v) is 3.46. The Kier molecular flexibility index (Phi) is 4.75. The Hall–Kier alpha value is -1.71. The maximum absolute atomic E-state index is 12.6. The number of rotatable bonds is 1. The number of ether oxygens (including phenoxy) is 2. The third kappa shape index (κ3) is 3.85. The highest BCUT2D eigenvalue weighted by Crippen LogP contribution is 2.33. The van der Waals surface area contributed by atoms with Gasteiger partial charge in [0.1, 0.15) is 17.5 Å². The topological polar surface area (TPSA) is 38.8 Å². The fourth-order valence-electron chi connectivity index (χ4n) is 3.46. The van der Waals surface area contributed by atoms with E-state index in [0.717, 1.165) is 30.6 Å². The number of carbonyl (C=O) groups excluding carboxylic acids is 1. The molecule has 0 spiro atoms. The first kappa shape index (κ1) is 17.1. The first-order chi connectivity index (χ1) is 11.4. The molecule has 4 heteroatoms. The zero-order chi connectivity index (χ0) is 17.3. The van der Waals surface area contributed by atoms with Crippen LogP contribution in [-0.4, -0.2) is 29.2 Å². The van der Waals surface area contributed by atoms with Crippen molar-refractivity contribution in [1.82, 2.24) is 4.90 Å². The smallest absolute Gasteiger partial charge is 0.410 e. The summed E-state index contributed by atoms with van der Waals surface area (Å²) >= 11 is 0. The monoisotopic (exact) mass is 331 g/mol. The van der Waals surface area contributed by atoms with Crippen LogP contribution in [0.5, 0.6) is 5.75 Å². The third-order valence-electron chi connectivity index (χ3n) is 4.71. The molecule has 0 radical (unpaired) electrons. The Bertz CT molecular complexity index is 618. The number of nitrogens with zero attached hydrogens (tertiary/aromatic N) is 1. The molecule has 0 aromatic heterocycles. The van der Waals surface area contributed by atoms with E-state index in [1.807, 2.05) is 20.8 Å². The van der Waals surface area contributed by atoms with Gasteiger partial charge in [0.25, 0.3) is 0 Å². The lowest BCUT2D eigenvalue weighted by atomic mass is 9.90. The predicted octanol–water partition coefficient (Wildman–Crippen LogP) is 4.47. The summed E-state index contributed by atoms with van der Waals surface area (Å²) in [6.45, 7) is 8.95. The number of aryl methyl sites for hydroxylation is 2. The minimum atomic E-state index is -0.482. The van der Waals surface area contributed by atoms with E-state index < -0.39 is 5.60 Å². The van der Waals surface area contributed by atoms with Crippen LogP contribution in [0, 0.1) is 0 Å². The standard InChI is InChI=1S/C20H29NO3/c1-5-17-13-21(19(22)24-20(2,3)4)12-16-10-14-8-6-7-9-15(14)11-18(16)23-17/h10-11,17H,5-9,12-13H2,1-4H3/t17-/m1/s1. The molecule has 0 fully saturated rings. The summed E-state index contributed by atoms with van der Waals surface area (Å²) < 4.78 is 11.8. The molecule has 0 N–H and O–H groups in total. The third-order valence-corrected chi connectivity index (χ3v) is 4.71. The van der Waals surface area contributed by atoms with Gasteiger partial charge in [-0.3, -0.25) is 0 Å². The molecule has 1 amide bonds. The molecule has 24 heavy (non-hydrogen) atoms. The molecule has 1 atom stereocenters. The molecule has 1 heterocycles. The van der Waals surface area contributed by atoms with Crippen molar-refractivity contribution in [3.8, 4) is 5.75 Å². The molecule has 3 rings (SSSR count). The van der Waals surface area contributed by atoms with Crippen molar-refractivity contribution in [3.63, 3.8) is 0 Å². The van der Waals surface area contributed by atoms with Crippen LogP contribution < -0.4 is 4.74 Å². The number of hydrogen-bond donors (Lipinski definition) is 0. The second-order valence-corrected chi connectivity index (χ2v) is 7.94. The molecule has 1 aromatic carbocycles. The molecule has 2 aliphatic rings. The van der Waals surface area contributed by atoms with Crippen molar-refractivity contribution in [2.24, 2.45) is 0 Å². The summed E-state index contributed by atoms with van der Waals surface area (Å²) in [4.78, 5) is 14.4. The molecule has 0 saturated carbocycles. The van der Waals surface area contributed by atoms with Crippen molar-refractivity contribution >= 4 is 6.09 Å². The van der Waals surface area contributed by atoms with Gasteiger partial charge >= 0.3 is 6.09 Å². The van der Waals surface area contributed by atoms with Crippen molar-refractivity contribution in [2.45, 2.75) is 78.0 Å². The maximum atomic E-state index is 12.6. The Morgan fingerprint density at radius 2 is 1.88 bits per heavy atom. The van der Waals surface area contributed by atoms with Crippen LogP contribution in [0.4, 0.5) is 4.79 Å². The zero-order valence-corrected chi connectivity index (χ0v) is 15.4. The van der Waals surface area contributed by atoms with Gasteiger partial charge in [0.2, 0.25) is 0 Å². The Morgan fingerprint density at radius 3 is 2.50 bits per heavy atom. The van der Waals surface area contributed by atoms with Gasteiger partial charge in [-0.2, -0.15) is 0 Å². The van der Waals surface area contributed by atoms with Gasteiger partial charge in [0, 0.05) is 5.56 Å². The van der Waals surface area contributed by atoms with Crippen molar-refractivity contribution in [1.29, 1.82) is 0 Å². The van der Waals surface area contributed by atoms with Gasteiger partial charge in [-0.15, -0.1) is 0 Å². The number of amides is 1.